The number of aliphatic carboxylic acids is 1. The highest BCUT2D eigenvalue weighted by atomic mass is 35.5. The van der Waals surface area contributed by atoms with E-state index in [1.165, 1.54) is 48.1 Å². The summed E-state index contributed by atoms with van der Waals surface area (Å²) >= 11 is 0. The molecule has 2 heterocycles. The Balaban J connectivity index is -0.0000000750. The summed E-state index contributed by atoms with van der Waals surface area (Å²) in [6, 6.07) is 27.4. The van der Waals surface area contributed by atoms with E-state index in [9.17, 15) is 4.79 Å². The number of morpholine rings is 1. The van der Waals surface area contributed by atoms with E-state index >= 15 is 0 Å². The minimum atomic E-state index is -0.646. The average Bonchev–Trinajstić information content (AvgIpc) is 3.85. The highest BCUT2D eigenvalue weighted by molar-refractivity contribution is 5.77. The van der Waals surface area contributed by atoms with Crippen molar-refractivity contribution in [1.82, 2.24) is 0 Å². The van der Waals surface area contributed by atoms with Crippen LogP contribution in [0.25, 0.3) is 0 Å². The van der Waals surface area contributed by atoms with Gasteiger partial charge in [0.1, 0.15) is 19.6 Å². The van der Waals surface area contributed by atoms with Crippen molar-refractivity contribution in [2.24, 2.45) is 5.41 Å². The molecule has 1 N–H and O–H groups in total. The lowest BCUT2D eigenvalue weighted by Crippen LogP contribution is -3.00. The normalized spacial score (nSPS) is 14.2. The van der Waals surface area contributed by atoms with E-state index in [1.54, 1.807) is 6.92 Å². The molecule has 1 aliphatic heterocycles. The van der Waals surface area contributed by atoms with Gasteiger partial charge >= 0.3 is 5.97 Å². The summed E-state index contributed by atoms with van der Waals surface area (Å²) < 4.78 is 8.57. The first-order chi connectivity index (χ1) is 21.0. The second-order valence-corrected chi connectivity index (χ2v) is 12.5. The molecule has 0 amide bonds. The number of hydrogen-bond acceptors (Lipinski definition) is 2. The second-order valence-electron chi connectivity index (χ2n) is 12.5. The molecule has 0 bridgehead atoms. The van der Waals surface area contributed by atoms with E-state index in [0.717, 1.165) is 32.6 Å². The molecule has 0 radical (unpaired) electrons. The Morgan fingerprint density at radius 2 is 1.06 bits per heavy atom. The summed E-state index contributed by atoms with van der Waals surface area (Å²) in [5, 5.41) is 8.31. The third-order valence-electron chi connectivity index (χ3n) is 8.94. The molecule has 1 aromatic heterocycles. The summed E-state index contributed by atoms with van der Waals surface area (Å²) in [6.07, 6.45) is 8.29. The monoisotopic (exact) mass is 773 g/mol. The van der Waals surface area contributed by atoms with E-state index < -0.39 is 5.97 Å². The van der Waals surface area contributed by atoms with Crippen LogP contribution in [0.5, 0.6) is 0 Å². The summed E-state index contributed by atoms with van der Waals surface area (Å²) in [7, 11) is 2.29. The number of halogens is 2. The number of rotatable bonds is 7. The van der Waals surface area contributed by atoms with Crippen molar-refractivity contribution >= 4 is 5.97 Å². The van der Waals surface area contributed by atoms with Gasteiger partial charge in [0.25, 0.3) is 0 Å². The fraction of sp³-hybridized carbons (Fsp3) is 0.600. The first-order valence-corrected chi connectivity index (χ1v) is 16.7. The van der Waals surface area contributed by atoms with E-state index in [1.807, 2.05) is 18.2 Å². The number of likely N-dealkylation sites (N-methyl/N-ethyl adjacent to an activating group) is 1. The lowest BCUT2D eigenvalue weighted by Gasteiger charge is -2.36. The number of ether oxygens (including phenoxy) is 1. The number of carboxylic acid groups (broad SMARTS) is 1. The SMILES string of the molecule is C.C.C.C.C.C.CC1(C(=O)O)CC1.CCC(C)c1ccccc1.CCC(C)c1ccccc1.CC[N+]1(C)CCOCC1.CC[n+]1ccccc1.[Cl-].[Cl-]. The molecule has 2 aromatic carbocycles. The predicted octanol–water partition coefficient (Wildman–Crippen LogP) is 6.57. The van der Waals surface area contributed by atoms with Gasteiger partial charge in [-0.25, -0.2) is 4.57 Å². The number of carbonyl (C=O) groups is 1. The molecule has 52 heavy (non-hydrogen) atoms. The minimum absolute atomic E-state index is 0. The van der Waals surface area contributed by atoms with Crippen LogP contribution >= 0.6 is 0 Å². The molecule has 1 saturated heterocycles. The molecular formula is C45H86Cl2N2O3. The summed E-state index contributed by atoms with van der Waals surface area (Å²) in [4.78, 5) is 10.1. The Kier molecular flexibility index (Phi) is 49.8. The lowest BCUT2D eigenvalue weighted by atomic mass is 9.99. The number of aromatic nitrogens is 1. The maximum atomic E-state index is 10.1. The largest absolute Gasteiger partial charge is 1.00 e. The van der Waals surface area contributed by atoms with E-state index in [2.05, 4.69) is 126 Å². The number of quaternary nitrogens is 1. The maximum absolute atomic E-state index is 10.1. The quantitative estimate of drug-likeness (QED) is 0.219. The molecule has 1 aliphatic carbocycles. The summed E-state index contributed by atoms with van der Waals surface area (Å²) in [5.74, 6) is 0.773. The zero-order chi connectivity index (χ0) is 32.8. The van der Waals surface area contributed by atoms with Crippen molar-refractivity contribution < 1.29 is 48.5 Å². The Labute approximate surface area is 338 Å². The van der Waals surface area contributed by atoms with Gasteiger partial charge in [0, 0.05) is 12.1 Å². The van der Waals surface area contributed by atoms with E-state index in [4.69, 9.17) is 9.84 Å². The van der Waals surface area contributed by atoms with Crippen LogP contribution in [0.15, 0.2) is 91.3 Å². The predicted molar refractivity (Wildman–Crippen MR) is 225 cm³/mol. The Bertz CT molecular complexity index is 1080. The molecule has 0 spiro atoms. The smallest absolute Gasteiger partial charge is 0.309 e. The van der Waals surface area contributed by atoms with Crippen molar-refractivity contribution in [1.29, 1.82) is 0 Å². The van der Waals surface area contributed by atoms with Gasteiger partial charge in [-0.1, -0.05) is 139 Å². The van der Waals surface area contributed by atoms with Crippen molar-refractivity contribution in [3.63, 3.8) is 0 Å². The van der Waals surface area contributed by atoms with E-state index in [-0.39, 0.29) is 74.8 Å². The van der Waals surface area contributed by atoms with Crippen molar-refractivity contribution in [3.8, 4) is 0 Å². The van der Waals surface area contributed by atoms with Crippen LogP contribution in [-0.2, 0) is 16.1 Å². The van der Waals surface area contributed by atoms with Crippen LogP contribution in [0.1, 0.15) is 142 Å². The lowest BCUT2D eigenvalue weighted by molar-refractivity contribution is -0.915. The van der Waals surface area contributed by atoms with Gasteiger partial charge in [0.15, 0.2) is 12.4 Å². The fourth-order valence-electron chi connectivity index (χ4n) is 4.18. The Hall–Kier alpha value is -2.44. The van der Waals surface area contributed by atoms with Crippen molar-refractivity contribution in [3.05, 3.63) is 102 Å². The topological polar surface area (TPSA) is 50.4 Å². The Morgan fingerprint density at radius 3 is 1.27 bits per heavy atom. The fourth-order valence-corrected chi connectivity index (χ4v) is 4.18. The zero-order valence-electron chi connectivity index (χ0n) is 29.8. The number of hydrogen-bond donors (Lipinski definition) is 1. The number of aryl methyl sites for hydroxylation is 1. The highest BCUT2D eigenvalue weighted by Gasteiger charge is 2.44. The molecule has 2 aliphatic rings. The first kappa shape index (κ1) is 67.7. The Morgan fingerprint density at radius 1 is 0.712 bits per heavy atom. The molecular weight excluding hydrogens is 687 g/mol. The van der Waals surface area contributed by atoms with Crippen LogP contribution in [0, 0.1) is 5.41 Å². The summed E-state index contributed by atoms with van der Waals surface area (Å²) in [6.45, 7) is 21.7. The summed E-state index contributed by atoms with van der Waals surface area (Å²) in [5.41, 5.74) is 2.56. The number of pyridine rings is 1. The van der Waals surface area contributed by atoms with Crippen molar-refractivity contribution in [2.45, 2.75) is 137 Å². The van der Waals surface area contributed by atoms with Gasteiger partial charge in [-0.15, -0.1) is 0 Å². The van der Waals surface area contributed by atoms with Gasteiger partial charge in [-0.3, -0.25) is 4.79 Å². The molecule has 3 aromatic rings. The van der Waals surface area contributed by atoms with Crippen LogP contribution < -0.4 is 29.4 Å². The van der Waals surface area contributed by atoms with E-state index in [0.29, 0.717) is 11.8 Å². The van der Waals surface area contributed by atoms with Gasteiger partial charge in [-0.05, 0) is 69.4 Å². The number of carboxylic acids is 1. The maximum Gasteiger partial charge on any atom is 0.309 e. The zero-order valence-corrected chi connectivity index (χ0v) is 31.3. The number of benzene rings is 2. The number of nitrogens with zero attached hydrogens (tertiary/aromatic N) is 2. The van der Waals surface area contributed by atoms with Crippen LogP contribution in [0.4, 0.5) is 0 Å². The molecule has 5 nitrogen and oxygen atoms in total. The van der Waals surface area contributed by atoms with Crippen LogP contribution in [-0.4, -0.2) is 55.5 Å². The molecule has 5 rings (SSSR count). The van der Waals surface area contributed by atoms with Gasteiger partial charge in [0.05, 0.1) is 32.2 Å². The van der Waals surface area contributed by atoms with Gasteiger partial charge in [-0.2, -0.15) is 0 Å². The average molecular weight is 774 g/mol. The molecule has 2 unspecified atom stereocenters. The third kappa shape index (κ3) is 29.1. The van der Waals surface area contributed by atoms with Crippen LogP contribution in [0.2, 0.25) is 0 Å². The first-order valence-electron chi connectivity index (χ1n) is 16.7. The molecule has 2 atom stereocenters. The van der Waals surface area contributed by atoms with Crippen molar-refractivity contribution in [2.75, 3.05) is 39.9 Å². The minimum Gasteiger partial charge on any atom is -1.00 e. The van der Waals surface area contributed by atoms with Gasteiger partial charge in [0.2, 0.25) is 0 Å². The highest BCUT2D eigenvalue weighted by Crippen LogP contribution is 2.44. The van der Waals surface area contributed by atoms with Gasteiger partial charge < -0.3 is 39.1 Å². The molecule has 2 fully saturated rings. The molecule has 1 saturated carbocycles. The molecule has 7 heteroatoms. The molecule has 308 valence electrons. The standard InChI is InChI=1S/2C10H14.C7H16NO.C7H10N.C5H8O2.6CH4.2ClH/c2*1-3-9(2)10-7-5-4-6-8-10;1-3-8(2)4-6-9-7-5-8;1-2-8-6-4-3-5-7-8;1-5(2-3-5)4(6)7;;;;;;;;/h2*4-9H,3H2,1-2H3;3-7H2,1-2H3;3-7H,2H2,1H3;2-3H2,1H3,(H,6,7);6*1H4;2*1H/q;;2*+1;;;;;;;;;/p-2. The third-order valence-corrected chi connectivity index (χ3v) is 8.94. The van der Waals surface area contributed by atoms with Crippen LogP contribution in [0.3, 0.4) is 0 Å². The second kappa shape index (κ2) is 38.3.